The maximum absolute atomic E-state index is 4.38. The lowest BCUT2D eigenvalue weighted by atomic mass is 10.1. The molecule has 0 aliphatic rings. The fourth-order valence-corrected chi connectivity index (χ4v) is 3.23. The van der Waals surface area contributed by atoms with Crippen molar-refractivity contribution >= 4 is 27.3 Å². The van der Waals surface area contributed by atoms with E-state index in [4.69, 9.17) is 0 Å². The quantitative estimate of drug-likeness (QED) is 0.916. The van der Waals surface area contributed by atoms with E-state index in [0.717, 1.165) is 17.6 Å². The van der Waals surface area contributed by atoms with Gasteiger partial charge in [0.25, 0.3) is 0 Å². The Bertz CT molecular complexity index is 464. The van der Waals surface area contributed by atoms with E-state index < -0.39 is 0 Å². The summed E-state index contributed by atoms with van der Waals surface area (Å²) in [5, 5.41) is 10.0. The monoisotopic (exact) mass is 313 g/mol. The standard InChI is InChI=1S/C12H16BrN3S/c1-3-14-11(10-6-5-7-17-10)12-9(13)8-15-16(12)4-2/h5-8,11,14H,3-4H2,1-2H3. The molecule has 1 atom stereocenters. The van der Waals surface area contributed by atoms with Gasteiger partial charge in [-0.25, -0.2) is 0 Å². The van der Waals surface area contributed by atoms with Crippen molar-refractivity contribution in [3.05, 3.63) is 38.8 Å². The Morgan fingerprint density at radius 3 is 2.94 bits per heavy atom. The van der Waals surface area contributed by atoms with Gasteiger partial charge in [-0.1, -0.05) is 13.0 Å². The molecule has 0 aromatic carbocycles. The van der Waals surface area contributed by atoms with E-state index in [0.29, 0.717) is 0 Å². The van der Waals surface area contributed by atoms with Crippen LogP contribution in [0.5, 0.6) is 0 Å². The van der Waals surface area contributed by atoms with Gasteiger partial charge in [-0.3, -0.25) is 4.68 Å². The average Bonchev–Trinajstić information content (AvgIpc) is 2.95. The van der Waals surface area contributed by atoms with Gasteiger partial charge in [-0.2, -0.15) is 5.10 Å². The number of hydrogen-bond donors (Lipinski definition) is 1. The van der Waals surface area contributed by atoms with E-state index in [2.05, 4.69) is 57.7 Å². The SMILES string of the molecule is CCNC(c1cccs1)c1c(Br)cnn1CC. The lowest BCUT2D eigenvalue weighted by Gasteiger charge is -2.18. The zero-order chi connectivity index (χ0) is 12.3. The Morgan fingerprint density at radius 1 is 1.53 bits per heavy atom. The van der Waals surface area contributed by atoms with Gasteiger partial charge in [0.1, 0.15) is 0 Å². The van der Waals surface area contributed by atoms with Crippen LogP contribution in [0.1, 0.15) is 30.5 Å². The molecule has 92 valence electrons. The molecule has 5 heteroatoms. The Morgan fingerprint density at radius 2 is 2.35 bits per heavy atom. The average molecular weight is 314 g/mol. The molecule has 1 unspecified atom stereocenters. The number of aromatic nitrogens is 2. The molecule has 2 heterocycles. The molecular weight excluding hydrogens is 298 g/mol. The molecule has 3 nitrogen and oxygen atoms in total. The number of nitrogens with one attached hydrogen (secondary N) is 1. The number of halogens is 1. The predicted molar refractivity (Wildman–Crippen MR) is 75.4 cm³/mol. The third kappa shape index (κ3) is 2.61. The Balaban J connectivity index is 2.42. The van der Waals surface area contributed by atoms with Crippen LogP contribution in [0.2, 0.25) is 0 Å². The molecule has 0 bridgehead atoms. The molecule has 2 rings (SSSR count). The second-order valence-corrected chi connectivity index (χ2v) is 5.53. The van der Waals surface area contributed by atoms with Gasteiger partial charge in [-0.05, 0) is 40.8 Å². The number of nitrogens with zero attached hydrogens (tertiary/aromatic N) is 2. The number of aryl methyl sites for hydroxylation is 1. The highest BCUT2D eigenvalue weighted by atomic mass is 79.9. The summed E-state index contributed by atoms with van der Waals surface area (Å²) in [6, 6.07) is 4.47. The van der Waals surface area contributed by atoms with E-state index in [1.807, 2.05) is 10.9 Å². The molecule has 0 radical (unpaired) electrons. The normalized spacial score (nSPS) is 12.9. The van der Waals surface area contributed by atoms with Gasteiger partial charge < -0.3 is 5.32 Å². The lowest BCUT2D eigenvalue weighted by Crippen LogP contribution is -2.24. The highest BCUT2D eigenvalue weighted by Gasteiger charge is 2.21. The van der Waals surface area contributed by atoms with Crippen LogP contribution in [0, 0.1) is 0 Å². The molecule has 0 saturated heterocycles. The zero-order valence-corrected chi connectivity index (χ0v) is 12.4. The molecule has 0 spiro atoms. The third-order valence-corrected chi connectivity index (χ3v) is 4.19. The van der Waals surface area contributed by atoms with E-state index in [-0.39, 0.29) is 6.04 Å². The van der Waals surface area contributed by atoms with Crippen molar-refractivity contribution in [2.75, 3.05) is 6.54 Å². The Labute approximate surface area is 114 Å². The number of rotatable bonds is 5. The molecule has 0 amide bonds. The molecule has 1 N–H and O–H groups in total. The minimum atomic E-state index is 0.219. The van der Waals surface area contributed by atoms with Crippen molar-refractivity contribution in [3.63, 3.8) is 0 Å². The van der Waals surface area contributed by atoms with Crippen molar-refractivity contribution in [2.24, 2.45) is 0 Å². The first-order valence-corrected chi connectivity index (χ1v) is 7.43. The fourth-order valence-electron chi connectivity index (χ4n) is 1.90. The van der Waals surface area contributed by atoms with Crippen LogP contribution in [0.3, 0.4) is 0 Å². The first-order chi connectivity index (χ1) is 8.27. The van der Waals surface area contributed by atoms with E-state index in [1.54, 1.807) is 11.3 Å². The van der Waals surface area contributed by atoms with Crippen LogP contribution < -0.4 is 5.32 Å². The lowest BCUT2D eigenvalue weighted by molar-refractivity contribution is 0.545. The summed E-state index contributed by atoms with van der Waals surface area (Å²) in [4.78, 5) is 1.32. The van der Waals surface area contributed by atoms with Crippen molar-refractivity contribution in [1.29, 1.82) is 0 Å². The summed E-state index contributed by atoms with van der Waals surface area (Å²) in [6.45, 7) is 6.06. The molecule has 17 heavy (non-hydrogen) atoms. The molecular formula is C12H16BrN3S. The minimum Gasteiger partial charge on any atom is -0.305 e. The summed E-state index contributed by atoms with van der Waals surface area (Å²) >= 11 is 5.37. The van der Waals surface area contributed by atoms with E-state index in [9.17, 15) is 0 Å². The van der Waals surface area contributed by atoms with Crippen LogP contribution in [0.4, 0.5) is 0 Å². The maximum Gasteiger partial charge on any atom is 0.0853 e. The van der Waals surface area contributed by atoms with E-state index in [1.165, 1.54) is 10.6 Å². The van der Waals surface area contributed by atoms with Crippen LogP contribution in [-0.4, -0.2) is 16.3 Å². The molecule has 0 aliphatic heterocycles. The van der Waals surface area contributed by atoms with Crippen LogP contribution in [-0.2, 0) is 6.54 Å². The summed E-state index contributed by atoms with van der Waals surface area (Å²) in [5.74, 6) is 0. The second kappa shape index (κ2) is 5.80. The topological polar surface area (TPSA) is 29.9 Å². The molecule has 0 aliphatic carbocycles. The first-order valence-electron chi connectivity index (χ1n) is 5.75. The first kappa shape index (κ1) is 12.8. The largest absolute Gasteiger partial charge is 0.305 e. The van der Waals surface area contributed by atoms with Crippen LogP contribution in [0.15, 0.2) is 28.2 Å². The number of hydrogen-bond acceptors (Lipinski definition) is 3. The number of thiophene rings is 1. The van der Waals surface area contributed by atoms with Gasteiger partial charge in [0.05, 0.1) is 22.4 Å². The summed E-state index contributed by atoms with van der Waals surface area (Å²) < 4.78 is 3.11. The van der Waals surface area contributed by atoms with Crippen molar-refractivity contribution in [2.45, 2.75) is 26.4 Å². The second-order valence-electron chi connectivity index (χ2n) is 3.70. The highest BCUT2D eigenvalue weighted by molar-refractivity contribution is 9.10. The van der Waals surface area contributed by atoms with Gasteiger partial charge in [-0.15, -0.1) is 11.3 Å². The predicted octanol–water partition coefficient (Wildman–Crippen LogP) is 3.43. The highest BCUT2D eigenvalue weighted by Crippen LogP contribution is 2.30. The van der Waals surface area contributed by atoms with Gasteiger partial charge in [0, 0.05) is 11.4 Å². The van der Waals surface area contributed by atoms with Crippen molar-refractivity contribution < 1.29 is 0 Å². The molecule has 2 aromatic rings. The van der Waals surface area contributed by atoms with Gasteiger partial charge in [0.2, 0.25) is 0 Å². The minimum absolute atomic E-state index is 0.219. The van der Waals surface area contributed by atoms with Crippen molar-refractivity contribution in [1.82, 2.24) is 15.1 Å². The maximum atomic E-state index is 4.38. The van der Waals surface area contributed by atoms with Gasteiger partial charge >= 0.3 is 0 Å². The van der Waals surface area contributed by atoms with Crippen molar-refractivity contribution in [3.8, 4) is 0 Å². The Hall–Kier alpha value is -0.650. The fraction of sp³-hybridized carbons (Fsp3) is 0.417. The summed E-state index contributed by atoms with van der Waals surface area (Å²) in [6.07, 6.45) is 1.87. The molecule has 2 aromatic heterocycles. The molecule has 0 saturated carbocycles. The Kier molecular flexibility index (Phi) is 4.36. The smallest absolute Gasteiger partial charge is 0.0853 e. The molecule has 0 fully saturated rings. The summed E-state index contributed by atoms with van der Waals surface area (Å²) in [5.41, 5.74) is 1.21. The third-order valence-electron chi connectivity index (χ3n) is 2.64. The van der Waals surface area contributed by atoms with Crippen LogP contribution in [0.25, 0.3) is 0 Å². The summed E-state index contributed by atoms with van der Waals surface area (Å²) in [7, 11) is 0. The van der Waals surface area contributed by atoms with Gasteiger partial charge in [0.15, 0.2) is 0 Å². The van der Waals surface area contributed by atoms with E-state index >= 15 is 0 Å². The zero-order valence-electron chi connectivity index (χ0n) is 9.98. The van der Waals surface area contributed by atoms with Crippen LogP contribution >= 0.6 is 27.3 Å².